The summed E-state index contributed by atoms with van der Waals surface area (Å²) in [7, 11) is 1.98. The number of guanidine groups is 1. The van der Waals surface area contributed by atoms with Gasteiger partial charge in [-0.05, 0) is 24.0 Å². The average Bonchev–Trinajstić information content (AvgIpc) is 3.07. The van der Waals surface area contributed by atoms with Gasteiger partial charge < -0.3 is 14.8 Å². The van der Waals surface area contributed by atoms with Crippen LogP contribution in [-0.2, 0) is 20.1 Å². The third-order valence-corrected chi connectivity index (χ3v) is 5.68. The summed E-state index contributed by atoms with van der Waals surface area (Å²) in [6.45, 7) is 16.4. The Bertz CT molecular complexity index is 849. The van der Waals surface area contributed by atoms with Gasteiger partial charge in [0.1, 0.15) is 12.4 Å². The minimum atomic E-state index is 0. The Morgan fingerprint density at radius 1 is 1.16 bits per heavy atom. The van der Waals surface area contributed by atoms with Gasteiger partial charge in [0, 0.05) is 46.3 Å². The van der Waals surface area contributed by atoms with Crippen molar-refractivity contribution in [2.45, 2.75) is 39.8 Å². The average molecular weight is 537 g/mol. The highest BCUT2D eigenvalue weighted by Gasteiger charge is 2.20. The molecule has 1 aromatic heterocycles. The Morgan fingerprint density at radius 2 is 1.84 bits per heavy atom. The molecule has 2 aromatic rings. The lowest BCUT2D eigenvalue weighted by Gasteiger charge is -2.36. The van der Waals surface area contributed by atoms with Crippen LogP contribution in [0.5, 0.6) is 0 Å². The standard InChI is InChI=1S/C23H35N7.HI/c1-6-11-24-23(25-16-22-27-26-19(4)28(22)5)30-14-12-29(13-15-30)17-20-7-9-21(10-8-20)18(2)3;/h6-10,18H,1,11-17H2,2-5H3,(H,24,25);1H. The number of aliphatic imine (C=N–C) groups is 1. The number of nitrogens with one attached hydrogen (secondary N) is 1. The number of aryl methyl sites for hydroxylation is 1. The second-order valence-electron chi connectivity index (χ2n) is 8.19. The molecule has 3 rings (SSSR count). The molecule has 1 aliphatic heterocycles. The molecule has 0 saturated carbocycles. The maximum atomic E-state index is 4.81. The molecule has 1 aliphatic rings. The van der Waals surface area contributed by atoms with Crippen LogP contribution in [0, 0.1) is 6.92 Å². The summed E-state index contributed by atoms with van der Waals surface area (Å²) in [4.78, 5) is 9.64. The molecule has 7 nitrogen and oxygen atoms in total. The second kappa shape index (κ2) is 12.2. The Morgan fingerprint density at radius 3 is 2.39 bits per heavy atom. The topological polar surface area (TPSA) is 61.6 Å². The summed E-state index contributed by atoms with van der Waals surface area (Å²) in [6.07, 6.45) is 1.86. The highest BCUT2D eigenvalue weighted by molar-refractivity contribution is 14.0. The molecule has 1 fully saturated rings. The van der Waals surface area contributed by atoms with Gasteiger partial charge in [0.25, 0.3) is 0 Å². The number of piperazine rings is 1. The molecule has 0 aliphatic carbocycles. The first-order valence-corrected chi connectivity index (χ1v) is 10.8. The maximum absolute atomic E-state index is 4.81. The second-order valence-corrected chi connectivity index (χ2v) is 8.19. The molecule has 0 amide bonds. The molecule has 0 atom stereocenters. The fourth-order valence-electron chi connectivity index (χ4n) is 3.55. The van der Waals surface area contributed by atoms with E-state index in [1.54, 1.807) is 0 Å². The van der Waals surface area contributed by atoms with Crippen molar-refractivity contribution in [3.05, 3.63) is 59.7 Å². The van der Waals surface area contributed by atoms with Gasteiger partial charge in [0.2, 0.25) is 0 Å². The van der Waals surface area contributed by atoms with Crippen LogP contribution in [0.1, 0.15) is 42.5 Å². The molecule has 1 aromatic carbocycles. The third kappa shape index (κ3) is 7.03. The van der Waals surface area contributed by atoms with E-state index in [0.717, 1.165) is 50.3 Å². The minimum absolute atomic E-state index is 0. The molecular weight excluding hydrogens is 501 g/mol. The van der Waals surface area contributed by atoms with Crippen LogP contribution >= 0.6 is 24.0 Å². The number of halogens is 1. The summed E-state index contributed by atoms with van der Waals surface area (Å²) in [5.41, 5.74) is 2.78. The van der Waals surface area contributed by atoms with Gasteiger partial charge in [-0.15, -0.1) is 40.8 Å². The SMILES string of the molecule is C=CCNC(=NCc1nnc(C)n1C)N1CCN(Cc2ccc(C(C)C)cc2)CC1.I. The van der Waals surface area contributed by atoms with Crippen LogP contribution < -0.4 is 5.32 Å². The van der Waals surface area contributed by atoms with Crippen molar-refractivity contribution in [2.75, 3.05) is 32.7 Å². The van der Waals surface area contributed by atoms with E-state index in [0.29, 0.717) is 19.0 Å². The van der Waals surface area contributed by atoms with Gasteiger partial charge in [-0.25, -0.2) is 4.99 Å². The lowest BCUT2D eigenvalue weighted by atomic mass is 10.0. The maximum Gasteiger partial charge on any atom is 0.194 e. The van der Waals surface area contributed by atoms with Gasteiger partial charge in [-0.1, -0.05) is 44.2 Å². The van der Waals surface area contributed by atoms with Crippen LogP contribution in [0.2, 0.25) is 0 Å². The van der Waals surface area contributed by atoms with Crippen molar-refractivity contribution in [3.8, 4) is 0 Å². The van der Waals surface area contributed by atoms with Crippen LogP contribution in [0.25, 0.3) is 0 Å². The molecule has 0 radical (unpaired) electrons. The molecule has 0 spiro atoms. The number of benzene rings is 1. The fraction of sp³-hybridized carbons (Fsp3) is 0.522. The van der Waals surface area contributed by atoms with Crippen LogP contribution in [0.4, 0.5) is 0 Å². The molecule has 0 bridgehead atoms. The normalized spacial score (nSPS) is 15.1. The quantitative estimate of drug-likeness (QED) is 0.254. The Balaban J connectivity index is 0.00000341. The summed E-state index contributed by atoms with van der Waals surface area (Å²) < 4.78 is 1.98. The van der Waals surface area contributed by atoms with Crippen molar-refractivity contribution >= 4 is 29.9 Å². The van der Waals surface area contributed by atoms with E-state index in [4.69, 9.17) is 4.99 Å². The Hall–Kier alpha value is -1.94. The van der Waals surface area contributed by atoms with Crippen molar-refractivity contribution in [1.82, 2.24) is 29.9 Å². The molecule has 1 N–H and O–H groups in total. The number of nitrogens with zero attached hydrogens (tertiary/aromatic N) is 6. The summed E-state index contributed by atoms with van der Waals surface area (Å²) in [5.74, 6) is 3.26. The molecule has 0 unspecified atom stereocenters. The highest BCUT2D eigenvalue weighted by atomic mass is 127. The predicted molar refractivity (Wildman–Crippen MR) is 138 cm³/mol. The number of rotatable bonds is 7. The zero-order valence-corrected chi connectivity index (χ0v) is 21.5. The third-order valence-electron chi connectivity index (χ3n) is 5.68. The van der Waals surface area contributed by atoms with E-state index in [9.17, 15) is 0 Å². The summed E-state index contributed by atoms with van der Waals surface area (Å²) in [6, 6.07) is 9.05. The first kappa shape index (κ1) is 25.3. The summed E-state index contributed by atoms with van der Waals surface area (Å²) in [5, 5.41) is 11.7. The van der Waals surface area contributed by atoms with Gasteiger partial charge in [0.15, 0.2) is 11.8 Å². The predicted octanol–water partition coefficient (Wildman–Crippen LogP) is 3.31. The van der Waals surface area contributed by atoms with Gasteiger partial charge in [-0.2, -0.15) is 0 Å². The zero-order valence-electron chi connectivity index (χ0n) is 19.2. The summed E-state index contributed by atoms with van der Waals surface area (Å²) >= 11 is 0. The van der Waals surface area contributed by atoms with E-state index in [2.05, 4.69) is 70.0 Å². The smallest absolute Gasteiger partial charge is 0.194 e. The molecule has 31 heavy (non-hydrogen) atoms. The van der Waals surface area contributed by atoms with E-state index < -0.39 is 0 Å². The number of hydrogen-bond acceptors (Lipinski definition) is 4. The van der Waals surface area contributed by atoms with Crippen molar-refractivity contribution in [3.63, 3.8) is 0 Å². The molecule has 170 valence electrons. The van der Waals surface area contributed by atoms with Crippen LogP contribution in [0.3, 0.4) is 0 Å². The molecule has 8 heteroatoms. The van der Waals surface area contributed by atoms with Crippen LogP contribution in [-0.4, -0.2) is 63.2 Å². The molecular formula is C23H36IN7. The largest absolute Gasteiger partial charge is 0.353 e. The van der Waals surface area contributed by atoms with Crippen molar-refractivity contribution in [2.24, 2.45) is 12.0 Å². The van der Waals surface area contributed by atoms with Gasteiger partial charge >= 0.3 is 0 Å². The Labute approximate surface area is 203 Å². The molecule has 2 heterocycles. The highest BCUT2D eigenvalue weighted by Crippen LogP contribution is 2.16. The number of hydrogen-bond donors (Lipinski definition) is 1. The first-order valence-electron chi connectivity index (χ1n) is 10.8. The lowest BCUT2D eigenvalue weighted by Crippen LogP contribution is -2.52. The van der Waals surface area contributed by atoms with E-state index in [1.807, 2.05) is 24.6 Å². The first-order chi connectivity index (χ1) is 14.5. The Kier molecular flexibility index (Phi) is 9.95. The molecule has 1 saturated heterocycles. The van der Waals surface area contributed by atoms with E-state index in [1.165, 1.54) is 11.1 Å². The number of aromatic nitrogens is 3. The lowest BCUT2D eigenvalue weighted by molar-refractivity contribution is 0.172. The van der Waals surface area contributed by atoms with Gasteiger partial charge in [-0.3, -0.25) is 4.90 Å². The van der Waals surface area contributed by atoms with Crippen LogP contribution in [0.15, 0.2) is 41.9 Å². The fourth-order valence-corrected chi connectivity index (χ4v) is 3.55. The monoisotopic (exact) mass is 537 g/mol. The van der Waals surface area contributed by atoms with Crippen molar-refractivity contribution < 1.29 is 0 Å². The van der Waals surface area contributed by atoms with Gasteiger partial charge in [0.05, 0.1) is 0 Å². The zero-order chi connectivity index (χ0) is 21.5. The minimum Gasteiger partial charge on any atom is -0.353 e. The van der Waals surface area contributed by atoms with E-state index >= 15 is 0 Å². The van der Waals surface area contributed by atoms with Crippen molar-refractivity contribution in [1.29, 1.82) is 0 Å². The van der Waals surface area contributed by atoms with E-state index in [-0.39, 0.29) is 24.0 Å².